The van der Waals surface area contributed by atoms with Crippen LogP contribution in [0.5, 0.6) is 5.75 Å². The van der Waals surface area contributed by atoms with Gasteiger partial charge in [-0.15, -0.1) is 0 Å². The van der Waals surface area contributed by atoms with Crippen LogP contribution in [0.2, 0.25) is 0 Å². The van der Waals surface area contributed by atoms with Gasteiger partial charge in [-0.05, 0) is 36.5 Å². The quantitative estimate of drug-likeness (QED) is 0.717. The SMILES string of the molecule is CC(C)c1cccc(OCC(=O)N2CCC(C(=O)c3ccccc3)CC2)c1. The molecule has 0 atom stereocenters. The molecule has 0 radical (unpaired) electrons. The lowest BCUT2D eigenvalue weighted by Crippen LogP contribution is -2.42. The van der Waals surface area contributed by atoms with Crippen LogP contribution in [0.3, 0.4) is 0 Å². The second kappa shape index (κ2) is 8.85. The molecule has 2 aromatic rings. The molecule has 1 saturated heterocycles. The molecule has 0 saturated carbocycles. The number of hydrogen-bond donors (Lipinski definition) is 0. The van der Waals surface area contributed by atoms with Gasteiger partial charge in [-0.25, -0.2) is 0 Å². The molecular weight excluding hydrogens is 338 g/mol. The fourth-order valence-corrected chi connectivity index (χ4v) is 3.43. The van der Waals surface area contributed by atoms with Crippen molar-refractivity contribution in [3.8, 4) is 5.75 Å². The minimum absolute atomic E-state index is 0.0000849. The van der Waals surface area contributed by atoms with Crippen molar-refractivity contribution in [1.82, 2.24) is 4.90 Å². The van der Waals surface area contributed by atoms with E-state index >= 15 is 0 Å². The van der Waals surface area contributed by atoms with Crippen molar-refractivity contribution < 1.29 is 14.3 Å². The van der Waals surface area contributed by atoms with E-state index in [1.54, 1.807) is 4.90 Å². The van der Waals surface area contributed by atoms with Gasteiger partial charge in [-0.2, -0.15) is 0 Å². The van der Waals surface area contributed by atoms with Crippen molar-refractivity contribution in [2.24, 2.45) is 5.92 Å². The molecule has 142 valence electrons. The zero-order chi connectivity index (χ0) is 19.2. The first-order valence-corrected chi connectivity index (χ1v) is 9.64. The van der Waals surface area contributed by atoms with Gasteiger partial charge in [0.05, 0.1) is 0 Å². The fraction of sp³-hybridized carbons (Fsp3) is 0.391. The van der Waals surface area contributed by atoms with E-state index in [1.807, 2.05) is 48.5 Å². The maximum Gasteiger partial charge on any atom is 0.260 e. The number of carbonyl (C=O) groups is 2. The lowest BCUT2D eigenvalue weighted by Gasteiger charge is -2.31. The summed E-state index contributed by atoms with van der Waals surface area (Å²) in [6.45, 7) is 5.52. The van der Waals surface area contributed by atoms with Crippen LogP contribution in [0.15, 0.2) is 54.6 Å². The summed E-state index contributed by atoms with van der Waals surface area (Å²) in [6.07, 6.45) is 1.42. The van der Waals surface area contributed by atoms with E-state index in [9.17, 15) is 9.59 Å². The van der Waals surface area contributed by atoms with Gasteiger partial charge in [0.2, 0.25) is 0 Å². The van der Waals surface area contributed by atoms with Crippen molar-refractivity contribution in [2.75, 3.05) is 19.7 Å². The molecule has 0 unspecified atom stereocenters. The van der Waals surface area contributed by atoms with Crippen molar-refractivity contribution >= 4 is 11.7 Å². The van der Waals surface area contributed by atoms with E-state index in [1.165, 1.54) is 5.56 Å². The molecule has 0 aliphatic carbocycles. The van der Waals surface area contributed by atoms with Gasteiger partial charge < -0.3 is 9.64 Å². The molecule has 1 amide bonds. The molecule has 1 fully saturated rings. The van der Waals surface area contributed by atoms with Crippen LogP contribution in [0, 0.1) is 5.92 Å². The maximum atomic E-state index is 12.5. The van der Waals surface area contributed by atoms with Crippen LogP contribution in [0.4, 0.5) is 0 Å². The highest BCUT2D eigenvalue weighted by atomic mass is 16.5. The van der Waals surface area contributed by atoms with Gasteiger partial charge in [-0.3, -0.25) is 9.59 Å². The summed E-state index contributed by atoms with van der Waals surface area (Å²) in [5.74, 6) is 1.31. The molecule has 4 nitrogen and oxygen atoms in total. The fourth-order valence-electron chi connectivity index (χ4n) is 3.43. The van der Waals surface area contributed by atoms with Crippen molar-refractivity contribution in [1.29, 1.82) is 0 Å². The summed E-state index contributed by atoms with van der Waals surface area (Å²) in [6, 6.07) is 17.3. The first-order valence-electron chi connectivity index (χ1n) is 9.64. The molecule has 1 heterocycles. The third-order valence-electron chi connectivity index (χ3n) is 5.16. The van der Waals surface area contributed by atoms with Crippen LogP contribution >= 0.6 is 0 Å². The predicted molar refractivity (Wildman–Crippen MR) is 106 cm³/mol. The minimum Gasteiger partial charge on any atom is -0.484 e. The predicted octanol–water partition coefficient (Wildman–Crippen LogP) is 4.31. The maximum absolute atomic E-state index is 12.5. The Hall–Kier alpha value is -2.62. The van der Waals surface area contributed by atoms with E-state index in [-0.39, 0.29) is 24.2 Å². The van der Waals surface area contributed by atoms with Crippen LogP contribution in [0.25, 0.3) is 0 Å². The standard InChI is InChI=1S/C23H27NO3/c1-17(2)20-9-6-10-21(15-20)27-16-22(25)24-13-11-19(12-14-24)23(26)18-7-4-3-5-8-18/h3-10,15,17,19H,11-14,16H2,1-2H3. The van der Waals surface area contributed by atoms with E-state index in [0.717, 1.165) is 11.3 Å². The summed E-state index contributed by atoms with van der Waals surface area (Å²) in [5, 5.41) is 0. The smallest absolute Gasteiger partial charge is 0.260 e. The van der Waals surface area contributed by atoms with E-state index < -0.39 is 0 Å². The average molecular weight is 365 g/mol. The summed E-state index contributed by atoms with van der Waals surface area (Å²) < 4.78 is 5.70. The Bertz CT molecular complexity index is 777. The number of benzene rings is 2. The van der Waals surface area contributed by atoms with Gasteiger partial charge >= 0.3 is 0 Å². The van der Waals surface area contributed by atoms with Gasteiger partial charge in [0.25, 0.3) is 5.91 Å². The van der Waals surface area contributed by atoms with Crippen molar-refractivity contribution in [2.45, 2.75) is 32.6 Å². The largest absolute Gasteiger partial charge is 0.484 e. The summed E-state index contributed by atoms with van der Waals surface area (Å²) in [5.41, 5.74) is 1.95. The zero-order valence-corrected chi connectivity index (χ0v) is 16.1. The highest BCUT2D eigenvalue weighted by Crippen LogP contribution is 2.23. The Morgan fingerprint density at radius 1 is 1.04 bits per heavy atom. The molecule has 1 aliphatic rings. The van der Waals surface area contributed by atoms with Gasteiger partial charge in [0.15, 0.2) is 12.4 Å². The Morgan fingerprint density at radius 2 is 1.74 bits per heavy atom. The number of ketones is 1. The first kappa shape index (κ1) is 19.2. The van der Waals surface area contributed by atoms with Gasteiger partial charge in [0.1, 0.15) is 5.75 Å². The lowest BCUT2D eigenvalue weighted by molar-refractivity contribution is -0.134. The molecule has 2 aromatic carbocycles. The van der Waals surface area contributed by atoms with E-state index in [4.69, 9.17) is 4.74 Å². The second-order valence-corrected chi connectivity index (χ2v) is 7.40. The molecule has 4 heteroatoms. The number of ether oxygens (including phenoxy) is 1. The Morgan fingerprint density at radius 3 is 2.41 bits per heavy atom. The highest BCUT2D eigenvalue weighted by Gasteiger charge is 2.28. The van der Waals surface area contributed by atoms with Gasteiger partial charge in [-0.1, -0.05) is 56.3 Å². The van der Waals surface area contributed by atoms with Crippen LogP contribution in [0.1, 0.15) is 48.5 Å². The molecule has 3 rings (SSSR count). The molecule has 1 aliphatic heterocycles. The molecule has 0 aromatic heterocycles. The average Bonchev–Trinajstić information content (AvgIpc) is 2.72. The Kier molecular flexibility index (Phi) is 6.28. The van der Waals surface area contributed by atoms with E-state index in [2.05, 4.69) is 19.9 Å². The molecular formula is C23H27NO3. The third kappa shape index (κ3) is 4.97. The molecule has 27 heavy (non-hydrogen) atoms. The van der Waals surface area contributed by atoms with Crippen LogP contribution in [-0.2, 0) is 4.79 Å². The van der Waals surface area contributed by atoms with Gasteiger partial charge in [0, 0.05) is 24.6 Å². The molecule has 0 N–H and O–H groups in total. The normalized spacial score (nSPS) is 15.0. The number of likely N-dealkylation sites (tertiary alicyclic amines) is 1. The van der Waals surface area contributed by atoms with E-state index in [0.29, 0.717) is 31.8 Å². The molecule has 0 bridgehead atoms. The number of Topliss-reactive ketones (excluding diaryl/α,β-unsaturated/α-hetero) is 1. The van der Waals surface area contributed by atoms with Crippen molar-refractivity contribution in [3.05, 3.63) is 65.7 Å². The zero-order valence-electron chi connectivity index (χ0n) is 16.1. The Balaban J connectivity index is 1.49. The number of rotatable bonds is 6. The number of hydrogen-bond acceptors (Lipinski definition) is 3. The van der Waals surface area contributed by atoms with Crippen LogP contribution < -0.4 is 4.74 Å². The number of amides is 1. The first-order chi connectivity index (χ1) is 13.0. The molecule has 0 spiro atoms. The topological polar surface area (TPSA) is 46.6 Å². The number of piperidine rings is 1. The second-order valence-electron chi connectivity index (χ2n) is 7.40. The highest BCUT2D eigenvalue weighted by molar-refractivity contribution is 5.98. The number of nitrogens with zero attached hydrogens (tertiary/aromatic N) is 1. The summed E-state index contributed by atoms with van der Waals surface area (Å²) >= 11 is 0. The summed E-state index contributed by atoms with van der Waals surface area (Å²) in [4.78, 5) is 26.8. The van der Waals surface area contributed by atoms with Crippen molar-refractivity contribution in [3.63, 3.8) is 0 Å². The third-order valence-corrected chi connectivity index (χ3v) is 5.16. The minimum atomic E-state index is -0.0180. The lowest BCUT2D eigenvalue weighted by atomic mass is 9.89. The van der Waals surface area contributed by atoms with Crippen LogP contribution in [-0.4, -0.2) is 36.3 Å². The monoisotopic (exact) mass is 365 g/mol. The number of carbonyl (C=O) groups excluding carboxylic acids is 2. The summed E-state index contributed by atoms with van der Waals surface area (Å²) in [7, 11) is 0. The Labute approximate surface area is 161 Å².